The van der Waals surface area contributed by atoms with Crippen molar-refractivity contribution in [3.63, 3.8) is 0 Å². The molecule has 3 atom stereocenters. The Kier molecular flexibility index (Phi) is 11.6. The van der Waals surface area contributed by atoms with E-state index in [1.165, 1.54) is 12.1 Å². The van der Waals surface area contributed by atoms with Crippen LogP contribution in [0.2, 0.25) is 0 Å². The van der Waals surface area contributed by atoms with Crippen LogP contribution in [0.5, 0.6) is 5.75 Å². The third-order valence-corrected chi connectivity index (χ3v) is 6.94. The predicted octanol–water partition coefficient (Wildman–Crippen LogP) is 3.38. The number of amides is 3. The summed E-state index contributed by atoms with van der Waals surface area (Å²) < 4.78 is 45.9. The Labute approximate surface area is 238 Å². The standard InChI is InChI=1S/C30H39F3N4O4/c1-4-23-27(38)35-14-8-11-21-10-5-6-13-25(21)41-16-15-34-24(28(39)37-26(19(2)3)29(40)36-23)18-20-9-7-12-22(17-20)30(31,32)33/h5-7,9-10,12-13,17,19,23-24,26,34H,4,8,11,14-16,18H2,1-3H3,(H,35,38)(H,36,40)(H,37,39)/t23-,24+,26+/m0/s1. The molecule has 3 amide bonds. The number of halogens is 3. The number of alkyl halides is 3. The van der Waals surface area contributed by atoms with Gasteiger partial charge in [-0.2, -0.15) is 13.2 Å². The number of hydrogen-bond donors (Lipinski definition) is 4. The normalized spacial score (nSPS) is 21.9. The van der Waals surface area contributed by atoms with Crippen molar-refractivity contribution in [3.8, 4) is 5.75 Å². The summed E-state index contributed by atoms with van der Waals surface area (Å²) in [5, 5.41) is 11.5. The van der Waals surface area contributed by atoms with E-state index in [0.29, 0.717) is 37.1 Å². The van der Waals surface area contributed by atoms with E-state index < -0.39 is 41.7 Å². The molecule has 3 rings (SSSR count). The lowest BCUT2D eigenvalue weighted by atomic mass is 9.99. The van der Waals surface area contributed by atoms with Crippen LogP contribution in [-0.4, -0.2) is 55.5 Å². The maximum Gasteiger partial charge on any atom is 0.416 e. The van der Waals surface area contributed by atoms with Gasteiger partial charge in [0, 0.05) is 13.1 Å². The number of para-hydroxylation sites is 1. The summed E-state index contributed by atoms with van der Waals surface area (Å²) in [5.74, 6) is -1.01. The highest BCUT2D eigenvalue weighted by molar-refractivity contribution is 5.93. The van der Waals surface area contributed by atoms with Crippen molar-refractivity contribution < 1.29 is 32.3 Å². The molecule has 1 heterocycles. The molecular formula is C30H39F3N4O4. The van der Waals surface area contributed by atoms with Gasteiger partial charge in [-0.3, -0.25) is 14.4 Å². The Morgan fingerprint density at radius 1 is 0.927 bits per heavy atom. The molecule has 0 bridgehead atoms. The lowest BCUT2D eigenvalue weighted by Gasteiger charge is -2.27. The lowest BCUT2D eigenvalue weighted by molar-refractivity contribution is -0.137. The van der Waals surface area contributed by atoms with E-state index in [2.05, 4.69) is 21.3 Å². The molecule has 0 radical (unpaired) electrons. The zero-order valence-corrected chi connectivity index (χ0v) is 23.6. The summed E-state index contributed by atoms with van der Waals surface area (Å²) in [6, 6.07) is 9.66. The van der Waals surface area contributed by atoms with Crippen LogP contribution in [-0.2, 0) is 33.4 Å². The summed E-state index contributed by atoms with van der Waals surface area (Å²) >= 11 is 0. The Balaban J connectivity index is 1.88. The van der Waals surface area contributed by atoms with Crippen molar-refractivity contribution in [3.05, 3.63) is 65.2 Å². The molecule has 0 aromatic heterocycles. The van der Waals surface area contributed by atoms with Crippen LogP contribution < -0.4 is 26.0 Å². The smallest absolute Gasteiger partial charge is 0.416 e. The molecule has 11 heteroatoms. The maximum atomic E-state index is 13.5. The van der Waals surface area contributed by atoms with Gasteiger partial charge in [0.15, 0.2) is 0 Å². The van der Waals surface area contributed by atoms with Crippen LogP contribution >= 0.6 is 0 Å². The molecule has 0 saturated heterocycles. The molecule has 1 aliphatic rings. The van der Waals surface area contributed by atoms with Gasteiger partial charge >= 0.3 is 6.18 Å². The van der Waals surface area contributed by atoms with Crippen molar-refractivity contribution >= 4 is 17.7 Å². The summed E-state index contributed by atoms with van der Waals surface area (Å²) in [6.07, 6.45) is -2.89. The fraction of sp³-hybridized carbons (Fsp3) is 0.500. The van der Waals surface area contributed by atoms with E-state index in [9.17, 15) is 27.6 Å². The number of fused-ring (bicyclic) bond motifs is 1. The molecule has 0 spiro atoms. The third-order valence-electron chi connectivity index (χ3n) is 6.94. The van der Waals surface area contributed by atoms with Gasteiger partial charge in [0.1, 0.15) is 24.4 Å². The first-order valence-corrected chi connectivity index (χ1v) is 14.0. The maximum absolute atomic E-state index is 13.5. The topological polar surface area (TPSA) is 109 Å². The van der Waals surface area contributed by atoms with Crippen molar-refractivity contribution in [1.29, 1.82) is 0 Å². The number of aryl methyl sites for hydroxylation is 1. The van der Waals surface area contributed by atoms with Crippen LogP contribution in [0.4, 0.5) is 13.2 Å². The fourth-order valence-electron chi connectivity index (χ4n) is 4.63. The SMILES string of the molecule is CC[C@@H]1NC(=O)[C@@H](C(C)C)NC(=O)[C@@H](Cc2cccc(C(F)(F)F)c2)NCCOc2ccccc2CCCNC1=O. The van der Waals surface area contributed by atoms with Crippen molar-refractivity contribution in [2.45, 2.75) is 70.8 Å². The molecule has 2 aromatic carbocycles. The first-order valence-electron chi connectivity index (χ1n) is 14.0. The molecule has 4 N–H and O–H groups in total. The van der Waals surface area contributed by atoms with Crippen molar-refractivity contribution in [2.24, 2.45) is 5.92 Å². The van der Waals surface area contributed by atoms with Crippen molar-refractivity contribution in [2.75, 3.05) is 19.7 Å². The van der Waals surface area contributed by atoms with Gasteiger partial charge in [0.05, 0.1) is 11.6 Å². The molecule has 1 aliphatic heterocycles. The van der Waals surface area contributed by atoms with Gasteiger partial charge in [0.2, 0.25) is 17.7 Å². The zero-order valence-electron chi connectivity index (χ0n) is 23.6. The van der Waals surface area contributed by atoms with Gasteiger partial charge in [0.25, 0.3) is 0 Å². The Bertz CT molecular complexity index is 1190. The van der Waals surface area contributed by atoms with Crippen LogP contribution in [0, 0.1) is 5.92 Å². The zero-order chi connectivity index (χ0) is 30.0. The molecular weight excluding hydrogens is 537 g/mol. The summed E-state index contributed by atoms with van der Waals surface area (Å²) in [5.41, 5.74) is 0.467. The van der Waals surface area contributed by atoms with E-state index >= 15 is 0 Å². The molecule has 0 aliphatic carbocycles. The van der Waals surface area contributed by atoms with Gasteiger partial charge in [-0.15, -0.1) is 0 Å². The number of nitrogens with one attached hydrogen (secondary N) is 4. The second kappa shape index (κ2) is 14.9. The number of benzene rings is 2. The second-order valence-electron chi connectivity index (χ2n) is 10.5. The molecule has 0 saturated carbocycles. The molecule has 2 aromatic rings. The number of carbonyl (C=O) groups excluding carboxylic acids is 3. The summed E-state index contributed by atoms with van der Waals surface area (Å²) in [7, 11) is 0. The van der Waals surface area contributed by atoms with Crippen LogP contribution in [0.15, 0.2) is 48.5 Å². The molecule has 0 fully saturated rings. The first-order chi connectivity index (χ1) is 19.5. The van der Waals surface area contributed by atoms with E-state index in [-0.39, 0.29) is 31.4 Å². The summed E-state index contributed by atoms with van der Waals surface area (Å²) in [4.78, 5) is 39.5. The Morgan fingerprint density at radius 2 is 1.68 bits per heavy atom. The molecule has 224 valence electrons. The van der Waals surface area contributed by atoms with Gasteiger partial charge in [-0.25, -0.2) is 0 Å². The van der Waals surface area contributed by atoms with Gasteiger partial charge in [-0.05, 0) is 54.9 Å². The largest absolute Gasteiger partial charge is 0.492 e. The minimum absolute atomic E-state index is 0.0429. The summed E-state index contributed by atoms with van der Waals surface area (Å²) in [6.45, 7) is 6.16. The van der Waals surface area contributed by atoms with Crippen LogP contribution in [0.25, 0.3) is 0 Å². The second-order valence-corrected chi connectivity index (χ2v) is 10.5. The quantitative estimate of drug-likeness (QED) is 0.447. The van der Waals surface area contributed by atoms with E-state index in [4.69, 9.17) is 4.74 Å². The van der Waals surface area contributed by atoms with Gasteiger partial charge in [-0.1, -0.05) is 57.2 Å². The number of carbonyl (C=O) groups is 3. The molecule has 8 nitrogen and oxygen atoms in total. The number of ether oxygens (including phenoxy) is 1. The van der Waals surface area contributed by atoms with E-state index in [1.54, 1.807) is 20.8 Å². The monoisotopic (exact) mass is 576 g/mol. The van der Waals surface area contributed by atoms with Crippen LogP contribution in [0.3, 0.4) is 0 Å². The number of hydrogen-bond acceptors (Lipinski definition) is 5. The van der Waals surface area contributed by atoms with E-state index in [0.717, 1.165) is 17.7 Å². The highest BCUT2D eigenvalue weighted by atomic mass is 19.4. The van der Waals surface area contributed by atoms with Gasteiger partial charge < -0.3 is 26.0 Å². The predicted molar refractivity (Wildman–Crippen MR) is 149 cm³/mol. The Hall–Kier alpha value is -3.60. The average Bonchev–Trinajstić information content (AvgIpc) is 2.93. The lowest BCUT2D eigenvalue weighted by Crippen LogP contribution is -2.58. The third kappa shape index (κ3) is 9.48. The average molecular weight is 577 g/mol. The minimum atomic E-state index is -4.52. The van der Waals surface area contributed by atoms with Crippen molar-refractivity contribution in [1.82, 2.24) is 21.3 Å². The molecule has 41 heavy (non-hydrogen) atoms. The first kappa shape index (κ1) is 31.9. The van der Waals surface area contributed by atoms with Crippen LogP contribution in [0.1, 0.15) is 50.3 Å². The highest BCUT2D eigenvalue weighted by Gasteiger charge is 2.32. The molecule has 0 unspecified atom stereocenters. The van der Waals surface area contributed by atoms with E-state index in [1.807, 2.05) is 24.3 Å². The highest BCUT2D eigenvalue weighted by Crippen LogP contribution is 2.29. The minimum Gasteiger partial charge on any atom is -0.492 e. The fourth-order valence-corrected chi connectivity index (χ4v) is 4.63. The Morgan fingerprint density at radius 3 is 2.39 bits per heavy atom. The number of rotatable bonds is 4.